The predicted molar refractivity (Wildman–Crippen MR) is 112 cm³/mol. The molecule has 4 rings (SSSR count). The lowest BCUT2D eigenvalue weighted by atomic mass is 9.99. The number of carbonyl (C=O) groups is 1. The van der Waals surface area contributed by atoms with Crippen LogP contribution in [0.2, 0.25) is 5.02 Å². The van der Waals surface area contributed by atoms with Crippen LogP contribution in [0.25, 0.3) is 22.6 Å². The number of aromatic carboxylic acids is 1. The number of nitrogens with one attached hydrogen (secondary N) is 2. The molecule has 0 aliphatic rings. The van der Waals surface area contributed by atoms with Crippen LogP contribution in [0.5, 0.6) is 0 Å². The van der Waals surface area contributed by atoms with E-state index in [2.05, 4.69) is 15.5 Å². The van der Waals surface area contributed by atoms with Crippen LogP contribution in [-0.4, -0.2) is 21.2 Å². The molecule has 2 aromatic heterocycles. The second-order valence-electron chi connectivity index (χ2n) is 6.61. The number of halogens is 1. The second kappa shape index (κ2) is 7.85. The van der Waals surface area contributed by atoms with E-state index in [1.807, 2.05) is 43.6 Å². The minimum Gasteiger partial charge on any atom is -0.478 e. The van der Waals surface area contributed by atoms with Crippen LogP contribution >= 0.6 is 11.6 Å². The molecule has 0 bridgehead atoms. The van der Waals surface area contributed by atoms with Crippen molar-refractivity contribution in [3.05, 3.63) is 82.6 Å². The fourth-order valence-electron chi connectivity index (χ4n) is 3.21. The van der Waals surface area contributed by atoms with E-state index in [1.165, 1.54) is 0 Å². The Morgan fingerprint density at radius 1 is 1.21 bits per heavy atom. The Balaban J connectivity index is 1.72. The zero-order valence-electron chi connectivity index (χ0n) is 15.6. The molecule has 4 aromatic rings. The Morgan fingerprint density at radius 2 is 2.00 bits per heavy atom. The molecule has 0 aliphatic carbocycles. The first-order valence-corrected chi connectivity index (χ1v) is 9.37. The third kappa shape index (κ3) is 3.75. The normalized spacial score (nSPS) is 10.8. The van der Waals surface area contributed by atoms with Gasteiger partial charge in [0.15, 0.2) is 5.76 Å². The van der Waals surface area contributed by atoms with E-state index in [0.29, 0.717) is 23.0 Å². The van der Waals surface area contributed by atoms with Crippen LogP contribution in [0.1, 0.15) is 21.5 Å². The van der Waals surface area contributed by atoms with Crippen molar-refractivity contribution < 1.29 is 14.4 Å². The Morgan fingerprint density at radius 3 is 2.66 bits per heavy atom. The minimum atomic E-state index is -0.957. The van der Waals surface area contributed by atoms with Gasteiger partial charge in [-0.3, -0.25) is 0 Å². The van der Waals surface area contributed by atoms with Crippen LogP contribution in [-0.2, 0) is 6.54 Å². The molecule has 0 amide bonds. The van der Waals surface area contributed by atoms with Gasteiger partial charge in [0.1, 0.15) is 5.69 Å². The highest BCUT2D eigenvalue weighted by Gasteiger charge is 2.22. The van der Waals surface area contributed by atoms with Gasteiger partial charge in [-0.2, -0.15) is 0 Å². The van der Waals surface area contributed by atoms with E-state index < -0.39 is 5.97 Å². The summed E-state index contributed by atoms with van der Waals surface area (Å²) in [4.78, 5) is 14.1. The smallest absolute Gasteiger partial charge is 0.335 e. The Kier molecular flexibility index (Phi) is 5.10. The van der Waals surface area contributed by atoms with Gasteiger partial charge >= 0.3 is 5.97 Å². The number of anilines is 1. The molecule has 0 saturated heterocycles. The van der Waals surface area contributed by atoms with Crippen molar-refractivity contribution >= 4 is 23.3 Å². The van der Waals surface area contributed by atoms with Crippen molar-refractivity contribution in [2.45, 2.75) is 13.5 Å². The third-order valence-electron chi connectivity index (χ3n) is 4.71. The van der Waals surface area contributed by atoms with E-state index in [4.69, 9.17) is 21.2 Å². The average Bonchev–Trinajstić information content (AvgIpc) is 3.36. The van der Waals surface area contributed by atoms with Crippen molar-refractivity contribution in [2.75, 3.05) is 5.32 Å². The number of hydrogen-bond acceptors (Lipinski definition) is 4. The lowest BCUT2D eigenvalue weighted by molar-refractivity contribution is 0.0697. The predicted octanol–water partition coefficient (Wildman–Crippen LogP) is 5.61. The summed E-state index contributed by atoms with van der Waals surface area (Å²) in [7, 11) is 0. The summed E-state index contributed by atoms with van der Waals surface area (Å²) in [6, 6.07) is 14.2. The highest BCUT2D eigenvalue weighted by molar-refractivity contribution is 6.33. The zero-order valence-corrected chi connectivity index (χ0v) is 16.3. The Hall–Kier alpha value is -3.51. The molecule has 3 N–H and O–H groups in total. The molecule has 0 saturated carbocycles. The number of rotatable bonds is 6. The molecular weight excluding hydrogens is 390 g/mol. The average molecular weight is 408 g/mol. The number of aryl methyl sites for hydroxylation is 1. The topological polar surface area (TPSA) is 91.2 Å². The fourth-order valence-corrected chi connectivity index (χ4v) is 3.53. The maximum atomic E-state index is 11.0. The van der Waals surface area contributed by atoms with Gasteiger partial charge in [0.2, 0.25) is 0 Å². The van der Waals surface area contributed by atoms with Crippen LogP contribution in [0.3, 0.4) is 0 Å². The number of H-pyrrole nitrogens is 1. The number of carboxylic acid groups (broad SMARTS) is 1. The number of aromatic nitrogens is 2. The number of carboxylic acids is 1. The maximum absolute atomic E-state index is 11.0. The van der Waals surface area contributed by atoms with Gasteiger partial charge in [0, 0.05) is 41.3 Å². The zero-order chi connectivity index (χ0) is 20.4. The molecule has 6 nitrogen and oxygen atoms in total. The molecule has 7 heteroatoms. The van der Waals surface area contributed by atoms with Gasteiger partial charge in [-0.1, -0.05) is 28.9 Å². The van der Waals surface area contributed by atoms with Crippen LogP contribution < -0.4 is 5.32 Å². The summed E-state index contributed by atoms with van der Waals surface area (Å²) in [5, 5.41) is 17.3. The summed E-state index contributed by atoms with van der Waals surface area (Å²) < 4.78 is 5.70. The summed E-state index contributed by atoms with van der Waals surface area (Å²) >= 11 is 6.47. The lowest BCUT2D eigenvalue weighted by Crippen LogP contribution is -2.03. The molecule has 2 aromatic carbocycles. The monoisotopic (exact) mass is 407 g/mol. The number of aromatic amines is 1. The first-order chi connectivity index (χ1) is 14.0. The van der Waals surface area contributed by atoms with Crippen LogP contribution in [0, 0.1) is 6.92 Å². The van der Waals surface area contributed by atoms with Crippen molar-refractivity contribution in [3.8, 4) is 22.6 Å². The molecule has 0 atom stereocenters. The van der Waals surface area contributed by atoms with Gasteiger partial charge in [-0.25, -0.2) is 4.79 Å². The number of benzene rings is 2. The van der Waals surface area contributed by atoms with E-state index in [0.717, 1.165) is 27.9 Å². The Labute approximate surface area is 172 Å². The standard InChI is InChI=1S/C22H18ClN3O3/c1-13-3-2-4-18(23)19(13)20-17(21(29-26-20)15-9-10-24-11-15)12-25-16-7-5-14(6-8-16)22(27)28/h2-11,24-25H,12H2,1H3,(H,27,28). The molecule has 0 radical (unpaired) electrons. The van der Waals surface area contributed by atoms with Crippen molar-refractivity contribution in [1.29, 1.82) is 0 Å². The summed E-state index contributed by atoms with van der Waals surface area (Å²) in [6.45, 7) is 2.41. The minimum absolute atomic E-state index is 0.237. The SMILES string of the molecule is Cc1cccc(Cl)c1-c1noc(-c2cc[nH]c2)c1CNc1ccc(C(=O)O)cc1. The summed E-state index contributed by atoms with van der Waals surface area (Å²) in [6.07, 6.45) is 3.66. The molecule has 2 heterocycles. The van der Waals surface area contributed by atoms with E-state index in [9.17, 15) is 4.79 Å². The summed E-state index contributed by atoms with van der Waals surface area (Å²) in [5.41, 5.74) is 5.28. The van der Waals surface area contributed by atoms with Crippen molar-refractivity contribution in [3.63, 3.8) is 0 Å². The first kappa shape index (κ1) is 18.8. The van der Waals surface area contributed by atoms with E-state index in [-0.39, 0.29) is 5.56 Å². The van der Waals surface area contributed by atoms with Gasteiger partial charge in [-0.15, -0.1) is 0 Å². The third-order valence-corrected chi connectivity index (χ3v) is 5.02. The maximum Gasteiger partial charge on any atom is 0.335 e. The highest BCUT2D eigenvalue weighted by atomic mass is 35.5. The molecule has 146 valence electrons. The second-order valence-corrected chi connectivity index (χ2v) is 7.01. The molecule has 29 heavy (non-hydrogen) atoms. The van der Waals surface area contributed by atoms with Crippen LogP contribution in [0.15, 0.2) is 65.4 Å². The number of nitrogens with zero attached hydrogens (tertiary/aromatic N) is 1. The Bertz CT molecular complexity index is 1130. The van der Waals surface area contributed by atoms with Gasteiger partial charge in [0.05, 0.1) is 10.6 Å². The quantitative estimate of drug-likeness (QED) is 0.386. The van der Waals surface area contributed by atoms with Gasteiger partial charge in [0.25, 0.3) is 0 Å². The lowest BCUT2D eigenvalue weighted by Gasteiger charge is -2.10. The van der Waals surface area contributed by atoms with E-state index >= 15 is 0 Å². The van der Waals surface area contributed by atoms with Gasteiger partial charge < -0.3 is 19.9 Å². The number of hydrogen-bond donors (Lipinski definition) is 3. The van der Waals surface area contributed by atoms with Gasteiger partial charge in [-0.05, 0) is 48.9 Å². The first-order valence-electron chi connectivity index (χ1n) is 8.99. The van der Waals surface area contributed by atoms with Crippen molar-refractivity contribution in [1.82, 2.24) is 10.1 Å². The van der Waals surface area contributed by atoms with Crippen molar-refractivity contribution in [2.24, 2.45) is 0 Å². The highest BCUT2D eigenvalue weighted by Crippen LogP contribution is 2.37. The van der Waals surface area contributed by atoms with Crippen LogP contribution in [0.4, 0.5) is 5.69 Å². The summed E-state index contributed by atoms with van der Waals surface area (Å²) in [5.74, 6) is -0.308. The molecule has 0 fully saturated rings. The molecule has 0 spiro atoms. The molecular formula is C22H18ClN3O3. The largest absolute Gasteiger partial charge is 0.478 e. The van der Waals surface area contributed by atoms with E-state index in [1.54, 1.807) is 24.3 Å². The fraction of sp³-hybridized carbons (Fsp3) is 0.0909. The molecule has 0 unspecified atom stereocenters. The molecule has 0 aliphatic heterocycles.